The number of pyridine rings is 1. The molecule has 3 aromatic carbocycles. The molecule has 1 aromatic heterocycles. The fourth-order valence-electron chi connectivity index (χ4n) is 3.28. The molecule has 0 atom stereocenters. The molecule has 4 rings (SSSR count). The molecule has 160 valence electrons. The van der Waals surface area contributed by atoms with E-state index in [1.807, 2.05) is 85.8 Å². The number of ether oxygens (including phenoxy) is 2. The van der Waals surface area contributed by atoms with E-state index in [2.05, 4.69) is 4.98 Å². The molecule has 5 nitrogen and oxygen atoms in total. The van der Waals surface area contributed by atoms with Crippen molar-refractivity contribution in [3.8, 4) is 22.8 Å². The Morgan fingerprint density at radius 2 is 1.53 bits per heavy atom. The first-order chi connectivity index (χ1) is 15.6. The molecule has 0 fully saturated rings. The Kier molecular flexibility index (Phi) is 6.46. The van der Waals surface area contributed by atoms with Crippen LogP contribution in [-0.4, -0.2) is 16.1 Å². The van der Waals surface area contributed by atoms with Gasteiger partial charge in [-0.05, 0) is 48.9 Å². The number of carboxylic acid groups (broad SMARTS) is 1. The van der Waals surface area contributed by atoms with E-state index in [1.165, 1.54) is 0 Å². The average Bonchev–Trinajstić information content (AvgIpc) is 2.83. The highest BCUT2D eigenvalue weighted by molar-refractivity contribution is 5.89. The van der Waals surface area contributed by atoms with Gasteiger partial charge in [-0.1, -0.05) is 60.2 Å². The third-order valence-corrected chi connectivity index (χ3v) is 5.00. The molecule has 0 spiro atoms. The van der Waals surface area contributed by atoms with Gasteiger partial charge in [0.15, 0.2) is 0 Å². The van der Waals surface area contributed by atoms with E-state index in [4.69, 9.17) is 9.47 Å². The molecule has 0 amide bonds. The van der Waals surface area contributed by atoms with Gasteiger partial charge in [-0.25, -0.2) is 9.78 Å². The van der Waals surface area contributed by atoms with Crippen LogP contribution in [0.2, 0.25) is 0 Å². The predicted octanol–water partition coefficient (Wildman–Crippen LogP) is 5.91. The Morgan fingerprint density at radius 1 is 0.812 bits per heavy atom. The number of hydrogen-bond acceptors (Lipinski definition) is 4. The number of aromatic carboxylic acids is 1. The molecule has 1 N–H and O–H groups in total. The summed E-state index contributed by atoms with van der Waals surface area (Å²) in [4.78, 5) is 16.4. The van der Waals surface area contributed by atoms with Crippen LogP contribution in [0.3, 0.4) is 0 Å². The maximum Gasteiger partial charge on any atom is 0.337 e. The molecule has 4 aromatic rings. The van der Waals surface area contributed by atoms with Crippen molar-refractivity contribution in [3.05, 3.63) is 113 Å². The van der Waals surface area contributed by atoms with Crippen molar-refractivity contribution in [2.75, 3.05) is 0 Å². The molecule has 5 heteroatoms. The van der Waals surface area contributed by atoms with Crippen molar-refractivity contribution in [3.63, 3.8) is 0 Å². The Balaban J connectivity index is 1.60. The number of carboxylic acids is 1. The standard InChI is InChI=1S/C27H23NO4/c1-19-11-13-21(14-12-19)31-18-25-23(27(29)30)15-16-24(28-25)22-9-5-6-10-26(22)32-17-20-7-3-2-4-8-20/h2-16H,17-18H2,1H3,(H,29,30). The van der Waals surface area contributed by atoms with E-state index >= 15 is 0 Å². The molecular weight excluding hydrogens is 402 g/mol. The molecule has 0 saturated carbocycles. The van der Waals surface area contributed by atoms with Crippen molar-refractivity contribution in [2.24, 2.45) is 0 Å². The van der Waals surface area contributed by atoms with E-state index in [0.29, 0.717) is 29.5 Å². The first-order valence-electron chi connectivity index (χ1n) is 10.3. The van der Waals surface area contributed by atoms with E-state index in [9.17, 15) is 9.90 Å². The Hall–Kier alpha value is -4.12. The molecule has 32 heavy (non-hydrogen) atoms. The van der Waals surface area contributed by atoms with Gasteiger partial charge >= 0.3 is 5.97 Å². The fraction of sp³-hybridized carbons (Fsp3) is 0.111. The Morgan fingerprint density at radius 3 is 2.28 bits per heavy atom. The highest BCUT2D eigenvalue weighted by atomic mass is 16.5. The Labute approximate surface area is 186 Å². The minimum atomic E-state index is -1.04. The monoisotopic (exact) mass is 425 g/mol. The van der Waals surface area contributed by atoms with Crippen molar-refractivity contribution in [1.82, 2.24) is 4.98 Å². The van der Waals surface area contributed by atoms with Gasteiger partial charge in [0.1, 0.15) is 24.7 Å². The summed E-state index contributed by atoms with van der Waals surface area (Å²) < 4.78 is 11.9. The minimum Gasteiger partial charge on any atom is -0.488 e. The highest BCUT2D eigenvalue weighted by Crippen LogP contribution is 2.30. The summed E-state index contributed by atoms with van der Waals surface area (Å²) in [5.74, 6) is 0.295. The molecule has 0 radical (unpaired) electrons. The normalized spacial score (nSPS) is 10.5. The molecule has 0 bridgehead atoms. The number of carbonyl (C=O) groups is 1. The zero-order valence-corrected chi connectivity index (χ0v) is 17.7. The summed E-state index contributed by atoms with van der Waals surface area (Å²) in [6.45, 7) is 2.47. The fourth-order valence-corrected chi connectivity index (χ4v) is 3.28. The van der Waals surface area contributed by atoms with Crippen LogP contribution in [0.15, 0.2) is 91.0 Å². The number of rotatable bonds is 8. The van der Waals surface area contributed by atoms with E-state index in [0.717, 1.165) is 16.7 Å². The zero-order chi connectivity index (χ0) is 22.3. The third kappa shape index (κ3) is 5.13. The molecule has 0 unspecified atom stereocenters. The summed E-state index contributed by atoms with van der Waals surface area (Å²) in [6, 6.07) is 28.4. The second kappa shape index (κ2) is 9.79. The SMILES string of the molecule is Cc1ccc(OCc2nc(-c3ccccc3OCc3ccccc3)ccc2C(=O)O)cc1. The second-order valence-electron chi connectivity index (χ2n) is 7.37. The van der Waals surface area contributed by atoms with Gasteiger partial charge in [-0.2, -0.15) is 0 Å². The largest absolute Gasteiger partial charge is 0.488 e. The van der Waals surface area contributed by atoms with Crippen LogP contribution < -0.4 is 9.47 Å². The minimum absolute atomic E-state index is 0.0472. The van der Waals surface area contributed by atoms with Crippen LogP contribution in [-0.2, 0) is 13.2 Å². The number of nitrogens with zero attached hydrogens (tertiary/aromatic N) is 1. The number of benzene rings is 3. The van der Waals surface area contributed by atoms with Gasteiger partial charge in [0, 0.05) is 5.56 Å². The second-order valence-corrected chi connectivity index (χ2v) is 7.37. The van der Waals surface area contributed by atoms with Crippen LogP contribution in [0.1, 0.15) is 27.2 Å². The maximum atomic E-state index is 11.7. The van der Waals surface area contributed by atoms with Crippen LogP contribution in [0.5, 0.6) is 11.5 Å². The quantitative estimate of drug-likeness (QED) is 0.380. The van der Waals surface area contributed by atoms with Gasteiger partial charge < -0.3 is 14.6 Å². The molecule has 0 saturated heterocycles. The van der Waals surface area contributed by atoms with Crippen LogP contribution >= 0.6 is 0 Å². The number of para-hydroxylation sites is 1. The van der Waals surface area contributed by atoms with Crippen molar-refractivity contribution in [1.29, 1.82) is 0 Å². The summed E-state index contributed by atoms with van der Waals surface area (Å²) in [5.41, 5.74) is 4.06. The van der Waals surface area contributed by atoms with Crippen LogP contribution in [0, 0.1) is 6.92 Å². The summed E-state index contributed by atoms with van der Waals surface area (Å²) >= 11 is 0. The predicted molar refractivity (Wildman–Crippen MR) is 123 cm³/mol. The van der Waals surface area contributed by atoms with Crippen LogP contribution in [0.25, 0.3) is 11.3 Å². The zero-order valence-electron chi connectivity index (χ0n) is 17.7. The van der Waals surface area contributed by atoms with Crippen molar-refractivity contribution < 1.29 is 19.4 Å². The third-order valence-electron chi connectivity index (χ3n) is 5.00. The lowest BCUT2D eigenvalue weighted by Crippen LogP contribution is -2.09. The molecular formula is C27H23NO4. The molecule has 0 aliphatic heterocycles. The molecule has 0 aliphatic rings. The Bertz CT molecular complexity index is 1200. The van der Waals surface area contributed by atoms with E-state index in [1.54, 1.807) is 12.1 Å². The maximum absolute atomic E-state index is 11.7. The summed E-state index contributed by atoms with van der Waals surface area (Å²) in [5, 5.41) is 9.61. The van der Waals surface area contributed by atoms with Gasteiger partial charge in [-0.15, -0.1) is 0 Å². The van der Waals surface area contributed by atoms with Crippen molar-refractivity contribution in [2.45, 2.75) is 20.1 Å². The van der Waals surface area contributed by atoms with E-state index < -0.39 is 5.97 Å². The highest BCUT2D eigenvalue weighted by Gasteiger charge is 2.16. The number of aromatic nitrogens is 1. The lowest BCUT2D eigenvalue weighted by atomic mass is 10.1. The average molecular weight is 425 g/mol. The lowest BCUT2D eigenvalue weighted by molar-refractivity contribution is 0.0693. The first kappa shape index (κ1) is 21.1. The molecule has 0 aliphatic carbocycles. The topological polar surface area (TPSA) is 68.7 Å². The first-order valence-corrected chi connectivity index (χ1v) is 10.3. The number of hydrogen-bond donors (Lipinski definition) is 1. The lowest BCUT2D eigenvalue weighted by Gasteiger charge is -2.14. The summed E-state index contributed by atoms with van der Waals surface area (Å²) in [6.07, 6.45) is 0. The smallest absolute Gasteiger partial charge is 0.337 e. The van der Waals surface area contributed by atoms with Gasteiger partial charge in [-0.3, -0.25) is 0 Å². The van der Waals surface area contributed by atoms with Gasteiger partial charge in [0.2, 0.25) is 0 Å². The summed E-state index contributed by atoms with van der Waals surface area (Å²) in [7, 11) is 0. The van der Waals surface area contributed by atoms with Gasteiger partial charge in [0.25, 0.3) is 0 Å². The van der Waals surface area contributed by atoms with E-state index in [-0.39, 0.29) is 12.2 Å². The molecule has 1 heterocycles. The van der Waals surface area contributed by atoms with Crippen molar-refractivity contribution >= 4 is 5.97 Å². The van der Waals surface area contributed by atoms with Crippen LogP contribution in [0.4, 0.5) is 0 Å². The number of aryl methyl sites for hydroxylation is 1. The van der Waals surface area contributed by atoms with Gasteiger partial charge in [0.05, 0.1) is 17.0 Å².